The van der Waals surface area contributed by atoms with Crippen LogP contribution in [-0.2, 0) is 9.53 Å². The first-order valence-corrected chi connectivity index (χ1v) is 5.16. The maximum absolute atomic E-state index is 11.5. The summed E-state index contributed by atoms with van der Waals surface area (Å²) in [6.45, 7) is 6.58. The van der Waals surface area contributed by atoms with Crippen LogP contribution in [0.4, 0.5) is 4.79 Å². The largest absolute Gasteiger partial charge is 0.444 e. The van der Waals surface area contributed by atoms with Crippen LogP contribution in [0.15, 0.2) is 6.20 Å². The number of rotatable bonds is 3. The zero-order chi connectivity index (χ0) is 13.1. The number of ether oxygens (including phenoxy) is 1. The van der Waals surface area contributed by atoms with Gasteiger partial charge in [-0.3, -0.25) is 9.89 Å². The monoisotopic (exact) mass is 240 g/mol. The Balaban J connectivity index is 2.69. The van der Waals surface area contributed by atoms with Crippen molar-refractivity contribution in [2.24, 2.45) is 0 Å². The first kappa shape index (κ1) is 13.1. The Labute approximate surface area is 98.9 Å². The molecule has 0 saturated heterocycles. The molecule has 1 heterocycles. The van der Waals surface area contributed by atoms with Crippen molar-refractivity contribution in [3.05, 3.63) is 11.9 Å². The number of carbonyl (C=O) groups is 2. The molecule has 1 amide bonds. The SMILES string of the molecule is CC(=O)C(NC(=O)OC(C)(C)C)c1c[nH]nn1. The predicted octanol–water partition coefficient (Wildman–Crippen LogP) is 0.959. The molecular weight excluding hydrogens is 224 g/mol. The summed E-state index contributed by atoms with van der Waals surface area (Å²) in [5.74, 6) is -0.246. The fourth-order valence-electron chi connectivity index (χ4n) is 1.16. The van der Waals surface area contributed by atoms with Gasteiger partial charge in [0.15, 0.2) is 5.78 Å². The second-order valence-electron chi connectivity index (χ2n) is 4.59. The second kappa shape index (κ2) is 4.94. The lowest BCUT2D eigenvalue weighted by molar-refractivity contribution is -0.119. The third kappa shape index (κ3) is 4.21. The fourth-order valence-corrected chi connectivity index (χ4v) is 1.16. The number of nitrogens with one attached hydrogen (secondary N) is 2. The molecule has 0 aliphatic carbocycles. The van der Waals surface area contributed by atoms with E-state index in [1.165, 1.54) is 13.1 Å². The molecular formula is C10H16N4O3. The number of ketones is 1. The quantitative estimate of drug-likeness (QED) is 0.820. The molecule has 7 nitrogen and oxygen atoms in total. The minimum absolute atomic E-state index is 0.246. The van der Waals surface area contributed by atoms with Gasteiger partial charge >= 0.3 is 6.09 Å². The first-order valence-electron chi connectivity index (χ1n) is 5.16. The molecule has 0 aromatic carbocycles. The fraction of sp³-hybridized carbons (Fsp3) is 0.600. The molecule has 1 rings (SSSR count). The zero-order valence-corrected chi connectivity index (χ0v) is 10.3. The number of aromatic amines is 1. The molecule has 0 fully saturated rings. The average molecular weight is 240 g/mol. The lowest BCUT2D eigenvalue weighted by Crippen LogP contribution is -2.37. The number of carbonyl (C=O) groups excluding carboxylic acids is 2. The molecule has 1 aromatic heterocycles. The molecule has 0 spiro atoms. The summed E-state index contributed by atoms with van der Waals surface area (Å²) < 4.78 is 5.06. The van der Waals surface area contributed by atoms with Gasteiger partial charge < -0.3 is 10.1 Å². The summed E-state index contributed by atoms with van der Waals surface area (Å²) in [7, 11) is 0. The molecule has 0 saturated carbocycles. The summed E-state index contributed by atoms with van der Waals surface area (Å²) in [4.78, 5) is 22.9. The first-order chi connectivity index (χ1) is 7.79. The van der Waals surface area contributed by atoms with Crippen molar-refractivity contribution in [2.45, 2.75) is 39.3 Å². The van der Waals surface area contributed by atoms with Gasteiger partial charge in [0, 0.05) is 6.20 Å². The van der Waals surface area contributed by atoms with Gasteiger partial charge in [-0.25, -0.2) is 4.79 Å². The van der Waals surface area contributed by atoms with Gasteiger partial charge in [0.1, 0.15) is 17.3 Å². The minimum atomic E-state index is -0.844. The van der Waals surface area contributed by atoms with Crippen LogP contribution in [0.2, 0.25) is 0 Å². The van der Waals surface area contributed by atoms with Gasteiger partial charge in [-0.05, 0) is 27.7 Å². The molecule has 0 bridgehead atoms. The van der Waals surface area contributed by atoms with E-state index in [1.54, 1.807) is 20.8 Å². The topological polar surface area (TPSA) is 97.0 Å². The van der Waals surface area contributed by atoms with E-state index in [-0.39, 0.29) is 5.78 Å². The van der Waals surface area contributed by atoms with Crippen LogP contribution in [-0.4, -0.2) is 32.9 Å². The number of nitrogens with zero attached hydrogens (tertiary/aromatic N) is 2. The lowest BCUT2D eigenvalue weighted by Gasteiger charge is -2.21. The Hall–Kier alpha value is -1.92. The molecule has 0 radical (unpaired) electrons. The number of aromatic nitrogens is 3. The Morgan fingerprint density at radius 3 is 2.53 bits per heavy atom. The van der Waals surface area contributed by atoms with E-state index >= 15 is 0 Å². The number of hydrogen-bond donors (Lipinski definition) is 2. The zero-order valence-electron chi connectivity index (χ0n) is 10.3. The van der Waals surface area contributed by atoms with Crippen molar-refractivity contribution >= 4 is 11.9 Å². The van der Waals surface area contributed by atoms with Crippen molar-refractivity contribution in [1.29, 1.82) is 0 Å². The molecule has 1 atom stereocenters. The highest BCUT2D eigenvalue weighted by atomic mass is 16.6. The van der Waals surface area contributed by atoms with E-state index in [0.29, 0.717) is 5.69 Å². The molecule has 1 unspecified atom stereocenters. The van der Waals surface area contributed by atoms with Crippen LogP contribution in [0.3, 0.4) is 0 Å². The van der Waals surface area contributed by atoms with Crippen LogP contribution < -0.4 is 5.32 Å². The molecule has 1 aromatic rings. The maximum Gasteiger partial charge on any atom is 0.408 e. The van der Waals surface area contributed by atoms with E-state index in [4.69, 9.17) is 4.74 Å². The van der Waals surface area contributed by atoms with Crippen LogP contribution >= 0.6 is 0 Å². The van der Waals surface area contributed by atoms with Crippen LogP contribution in [0, 0.1) is 0 Å². The van der Waals surface area contributed by atoms with Crippen molar-refractivity contribution in [2.75, 3.05) is 0 Å². The molecule has 7 heteroatoms. The average Bonchev–Trinajstić information content (AvgIpc) is 2.63. The number of H-pyrrole nitrogens is 1. The summed E-state index contributed by atoms with van der Waals surface area (Å²) in [5, 5.41) is 12.1. The highest BCUT2D eigenvalue weighted by molar-refractivity contribution is 5.86. The second-order valence-corrected chi connectivity index (χ2v) is 4.59. The molecule has 17 heavy (non-hydrogen) atoms. The Morgan fingerprint density at radius 2 is 2.12 bits per heavy atom. The standard InChI is InChI=1S/C10H16N4O3/c1-6(15)8(7-5-11-14-13-7)12-9(16)17-10(2,3)4/h5,8H,1-4H3,(H,12,16)(H,11,13,14). The highest BCUT2D eigenvalue weighted by Gasteiger charge is 2.24. The van der Waals surface area contributed by atoms with Gasteiger partial charge in [-0.1, -0.05) is 5.21 Å². The van der Waals surface area contributed by atoms with Crippen molar-refractivity contribution < 1.29 is 14.3 Å². The van der Waals surface area contributed by atoms with E-state index < -0.39 is 17.7 Å². The van der Waals surface area contributed by atoms with Gasteiger partial charge in [0.2, 0.25) is 0 Å². The third-order valence-corrected chi connectivity index (χ3v) is 1.80. The highest BCUT2D eigenvalue weighted by Crippen LogP contribution is 2.12. The number of alkyl carbamates (subject to hydrolysis) is 1. The summed E-state index contributed by atoms with van der Waals surface area (Å²) in [6, 6.07) is -0.844. The number of amides is 1. The van der Waals surface area contributed by atoms with E-state index in [0.717, 1.165) is 0 Å². The maximum atomic E-state index is 11.5. The van der Waals surface area contributed by atoms with Gasteiger partial charge in [0.25, 0.3) is 0 Å². The summed E-state index contributed by atoms with van der Waals surface area (Å²) in [6.07, 6.45) is 0.782. The van der Waals surface area contributed by atoms with E-state index in [1.807, 2.05) is 0 Å². The molecule has 0 aliphatic rings. The normalized spacial score (nSPS) is 12.9. The molecule has 94 valence electrons. The third-order valence-electron chi connectivity index (χ3n) is 1.80. The Kier molecular flexibility index (Phi) is 3.82. The van der Waals surface area contributed by atoms with Gasteiger partial charge in [0.05, 0.1) is 0 Å². The Bertz CT molecular complexity index is 394. The Morgan fingerprint density at radius 1 is 1.47 bits per heavy atom. The summed E-state index contributed by atoms with van der Waals surface area (Å²) in [5.41, 5.74) is -0.265. The van der Waals surface area contributed by atoms with Crippen molar-refractivity contribution in [3.8, 4) is 0 Å². The number of Topliss-reactive ketones (excluding diaryl/α,β-unsaturated/α-hetero) is 1. The lowest BCUT2D eigenvalue weighted by atomic mass is 10.1. The molecule has 0 aliphatic heterocycles. The van der Waals surface area contributed by atoms with E-state index in [9.17, 15) is 9.59 Å². The predicted molar refractivity (Wildman–Crippen MR) is 59.2 cm³/mol. The van der Waals surface area contributed by atoms with Crippen LogP contribution in [0.5, 0.6) is 0 Å². The van der Waals surface area contributed by atoms with Crippen molar-refractivity contribution in [3.63, 3.8) is 0 Å². The minimum Gasteiger partial charge on any atom is -0.444 e. The van der Waals surface area contributed by atoms with Gasteiger partial charge in [-0.15, -0.1) is 5.10 Å². The number of hydrogen-bond acceptors (Lipinski definition) is 5. The molecule has 2 N–H and O–H groups in total. The van der Waals surface area contributed by atoms with Crippen LogP contribution in [0.1, 0.15) is 39.4 Å². The summed E-state index contributed by atoms with van der Waals surface area (Å²) >= 11 is 0. The smallest absolute Gasteiger partial charge is 0.408 e. The van der Waals surface area contributed by atoms with Gasteiger partial charge in [-0.2, -0.15) is 0 Å². The van der Waals surface area contributed by atoms with Crippen LogP contribution in [0.25, 0.3) is 0 Å². The van der Waals surface area contributed by atoms with E-state index in [2.05, 4.69) is 20.7 Å². The van der Waals surface area contributed by atoms with Crippen molar-refractivity contribution in [1.82, 2.24) is 20.7 Å².